The van der Waals surface area contributed by atoms with Crippen LogP contribution in [0.3, 0.4) is 0 Å². The summed E-state index contributed by atoms with van der Waals surface area (Å²) in [6, 6.07) is 10.3. The summed E-state index contributed by atoms with van der Waals surface area (Å²) in [5.74, 6) is 2.22. The first kappa shape index (κ1) is 11.7. The van der Waals surface area contributed by atoms with Crippen molar-refractivity contribution in [3.8, 4) is 0 Å². The van der Waals surface area contributed by atoms with Crippen LogP contribution in [-0.2, 0) is 13.5 Å². The minimum Gasteiger partial charge on any atom is -0.384 e. The van der Waals surface area contributed by atoms with Gasteiger partial charge < -0.3 is 10.3 Å². The lowest BCUT2D eigenvalue weighted by Gasteiger charge is -2.04. The lowest BCUT2D eigenvalue weighted by molar-refractivity contribution is 0.714. The van der Waals surface area contributed by atoms with Gasteiger partial charge in [0, 0.05) is 19.4 Å². The van der Waals surface area contributed by atoms with Crippen molar-refractivity contribution in [2.75, 3.05) is 5.73 Å². The predicted molar refractivity (Wildman–Crippen MR) is 71.0 cm³/mol. The summed E-state index contributed by atoms with van der Waals surface area (Å²) in [4.78, 5) is 4.64. The Kier molecular flexibility index (Phi) is 3.18. The van der Waals surface area contributed by atoms with Gasteiger partial charge in [0.15, 0.2) is 0 Å². The Morgan fingerprint density at radius 3 is 2.41 bits per heavy atom. The number of imidazole rings is 1. The van der Waals surface area contributed by atoms with E-state index in [1.54, 1.807) is 0 Å². The highest BCUT2D eigenvalue weighted by Crippen LogP contribution is 2.21. The summed E-state index contributed by atoms with van der Waals surface area (Å²) in [6.45, 7) is 4.27. The molecule has 3 nitrogen and oxygen atoms in total. The molecule has 0 atom stereocenters. The summed E-state index contributed by atoms with van der Waals surface area (Å²) in [7, 11) is 1.98. The van der Waals surface area contributed by atoms with Crippen molar-refractivity contribution in [1.82, 2.24) is 9.55 Å². The molecule has 0 aliphatic rings. The molecule has 1 aromatic heterocycles. The van der Waals surface area contributed by atoms with Crippen LogP contribution in [0.25, 0.3) is 0 Å². The molecule has 0 radical (unpaired) electrons. The largest absolute Gasteiger partial charge is 0.384 e. The van der Waals surface area contributed by atoms with E-state index in [1.165, 1.54) is 5.56 Å². The lowest BCUT2D eigenvalue weighted by Crippen LogP contribution is -2.03. The van der Waals surface area contributed by atoms with E-state index in [4.69, 9.17) is 5.73 Å². The first-order valence-corrected chi connectivity index (χ1v) is 5.94. The van der Waals surface area contributed by atoms with Crippen LogP contribution in [0, 0.1) is 0 Å². The number of nitrogen functional groups attached to an aromatic ring is 1. The number of hydrogen-bond donors (Lipinski definition) is 1. The number of nitrogens with zero attached hydrogens (tertiary/aromatic N) is 2. The van der Waals surface area contributed by atoms with Gasteiger partial charge in [-0.1, -0.05) is 44.2 Å². The smallest absolute Gasteiger partial charge is 0.126 e. The maximum absolute atomic E-state index is 6.09. The maximum atomic E-state index is 6.09. The van der Waals surface area contributed by atoms with E-state index in [2.05, 4.69) is 31.0 Å². The number of benzene rings is 1. The zero-order valence-electron chi connectivity index (χ0n) is 10.6. The van der Waals surface area contributed by atoms with Gasteiger partial charge in [-0.3, -0.25) is 0 Å². The van der Waals surface area contributed by atoms with Crippen LogP contribution in [0.4, 0.5) is 5.82 Å². The van der Waals surface area contributed by atoms with Gasteiger partial charge in [0.2, 0.25) is 0 Å². The van der Waals surface area contributed by atoms with E-state index < -0.39 is 0 Å². The predicted octanol–water partition coefficient (Wildman–Crippen LogP) is 2.72. The second kappa shape index (κ2) is 4.62. The molecule has 0 aliphatic carbocycles. The summed E-state index contributed by atoms with van der Waals surface area (Å²) < 4.78 is 1.99. The Bertz CT molecular complexity index is 498. The molecule has 0 saturated heterocycles. The normalized spacial score (nSPS) is 11.1. The Balaban J connectivity index is 2.31. The third kappa shape index (κ3) is 2.33. The molecular weight excluding hydrogens is 210 g/mol. The fraction of sp³-hybridized carbons (Fsp3) is 0.357. The molecule has 2 N–H and O–H groups in total. The van der Waals surface area contributed by atoms with Crippen molar-refractivity contribution >= 4 is 5.82 Å². The fourth-order valence-electron chi connectivity index (χ4n) is 2.02. The Hall–Kier alpha value is -1.77. The van der Waals surface area contributed by atoms with Crippen molar-refractivity contribution in [3.63, 3.8) is 0 Å². The van der Waals surface area contributed by atoms with Gasteiger partial charge in [0.05, 0.1) is 5.69 Å². The van der Waals surface area contributed by atoms with Crippen LogP contribution in [-0.4, -0.2) is 9.55 Å². The van der Waals surface area contributed by atoms with Crippen LogP contribution in [0.5, 0.6) is 0 Å². The van der Waals surface area contributed by atoms with Gasteiger partial charge >= 0.3 is 0 Å². The van der Waals surface area contributed by atoms with Gasteiger partial charge in [0.25, 0.3) is 0 Å². The van der Waals surface area contributed by atoms with Gasteiger partial charge in [0.1, 0.15) is 11.6 Å². The summed E-state index contributed by atoms with van der Waals surface area (Å²) in [5.41, 5.74) is 8.31. The molecule has 2 aromatic rings. The molecule has 17 heavy (non-hydrogen) atoms. The summed E-state index contributed by atoms with van der Waals surface area (Å²) in [6.07, 6.45) is 0.799. The Morgan fingerprint density at radius 2 is 1.88 bits per heavy atom. The Morgan fingerprint density at radius 1 is 1.24 bits per heavy atom. The summed E-state index contributed by atoms with van der Waals surface area (Å²) in [5, 5.41) is 0. The molecule has 0 unspecified atom stereocenters. The number of aromatic nitrogens is 2. The van der Waals surface area contributed by atoms with E-state index >= 15 is 0 Å². The zero-order chi connectivity index (χ0) is 12.4. The van der Waals surface area contributed by atoms with Crippen LogP contribution < -0.4 is 5.73 Å². The highest BCUT2D eigenvalue weighted by Gasteiger charge is 2.14. The van der Waals surface area contributed by atoms with Crippen LogP contribution in [0.2, 0.25) is 0 Å². The molecule has 0 amide bonds. The van der Waals surface area contributed by atoms with Crippen LogP contribution in [0.15, 0.2) is 30.3 Å². The average Bonchev–Trinajstić information content (AvgIpc) is 2.59. The lowest BCUT2D eigenvalue weighted by atomic mass is 10.1. The van der Waals surface area contributed by atoms with Gasteiger partial charge in [-0.05, 0) is 5.56 Å². The monoisotopic (exact) mass is 229 g/mol. The molecule has 0 fully saturated rings. The first-order chi connectivity index (χ1) is 8.09. The minimum atomic E-state index is 0.395. The number of nitrogens with two attached hydrogens (primary N) is 1. The number of hydrogen-bond acceptors (Lipinski definition) is 2. The van der Waals surface area contributed by atoms with E-state index in [-0.39, 0.29) is 0 Å². The quantitative estimate of drug-likeness (QED) is 0.879. The SMILES string of the molecule is CC(C)c1nc(Cc2ccccc2)c(N)n1C. The number of anilines is 1. The topological polar surface area (TPSA) is 43.8 Å². The molecule has 2 rings (SSSR count). The van der Waals surface area contributed by atoms with Crippen LogP contribution in [0.1, 0.15) is 36.8 Å². The van der Waals surface area contributed by atoms with Crippen molar-refractivity contribution in [2.24, 2.45) is 7.05 Å². The molecule has 1 aromatic carbocycles. The molecule has 0 bridgehead atoms. The van der Waals surface area contributed by atoms with E-state index in [9.17, 15) is 0 Å². The third-order valence-electron chi connectivity index (χ3n) is 2.98. The first-order valence-electron chi connectivity index (χ1n) is 5.94. The number of rotatable bonds is 3. The highest BCUT2D eigenvalue weighted by molar-refractivity contribution is 5.41. The Labute approximate surface area is 102 Å². The highest BCUT2D eigenvalue weighted by atomic mass is 15.1. The van der Waals surface area contributed by atoms with E-state index in [0.717, 1.165) is 23.8 Å². The van der Waals surface area contributed by atoms with Crippen molar-refractivity contribution in [2.45, 2.75) is 26.2 Å². The minimum absolute atomic E-state index is 0.395. The maximum Gasteiger partial charge on any atom is 0.126 e. The van der Waals surface area contributed by atoms with Crippen molar-refractivity contribution in [3.05, 3.63) is 47.4 Å². The standard InChI is InChI=1S/C14H19N3/c1-10(2)14-16-12(13(15)17(14)3)9-11-7-5-4-6-8-11/h4-8,10H,9,15H2,1-3H3. The van der Waals surface area contributed by atoms with Crippen molar-refractivity contribution < 1.29 is 0 Å². The molecule has 1 heterocycles. The molecule has 90 valence electrons. The van der Waals surface area contributed by atoms with Crippen molar-refractivity contribution in [1.29, 1.82) is 0 Å². The summed E-state index contributed by atoms with van der Waals surface area (Å²) >= 11 is 0. The average molecular weight is 229 g/mol. The molecule has 0 spiro atoms. The molecule has 3 heteroatoms. The van der Waals surface area contributed by atoms with Gasteiger partial charge in [-0.2, -0.15) is 0 Å². The molecule has 0 saturated carbocycles. The van der Waals surface area contributed by atoms with Gasteiger partial charge in [-0.25, -0.2) is 4.98 Å². The second-order valence-electron chi connectivity index (χ2n) is 4.68. The second-order valence-corrected chi connectivity index (χ2v) is 4.68. The molecule has 0 aliphatic heterocycles. The third-order valence-corrected chi connectivity index (χ3v) is 2.98. The zero-order valence-corrected chi connectivity index (χ0v) is 10.6. The van der Waals surface area contributed by atoms with E-state index in [1.807, 2.05) is 29.8 Å². The fourth-order valence-corrected chi connectivity index (χ4v) is 2.02. The van der Waals surface area contributed by atoms with Gasteiger partial charge in [-0.15, -0.1) is 0 Å². The van der Waals surface area contributed by atoms with Crippen LogP contribution >= 0.6 is 0 Å². The van der Waals surface area contributed by atoms with E-state index in [0.29, 0.717) is 5.92 Å². The molecular formula is C14H19N3.